The Morgan fingerprint density at radius 3 is 2.75 bits per heavy atom. The zero-order chi connectivity index (χ0) is 17.3. The van der Waals surface area contributed by atoms with Crippen LogP contribution < -0.4 is 5.56 Å². The van der Waals surface area contributed by atoms with Gasteiger partial charge in [0.05, 0.1) is 6.42 Å². The SMILES string of the molecule is Cc1cc(=O)n2nc(COC(=O)Cc3ccc(C)c(C)c3)sc2n1. The molecule has 24 heavy (non-hydrogen) atoms. The number of hydrogen-bond acceptors (Lipinski definition) is 6. The molecule has 3 rings (SSSR count). The molecule has 0 unspecified atom stereocenters. The summed E-state index contributed by atoms with van der Waals surface area (Å²) in [5.41, 5.74) is 3.66. The van der Waals surface area contributed by atoms with Crippen molar-refractivity contribution in [1.29, 1.82) is 0 Å². The Balaban J connectivity index is 1.67. The largest absolute Gasteiger partial charge is 0.458 e. The Bertz CT molecular complexity index is 975. The number of fused-ring (bicyclic) bond motifs is 1. The van der Waals surface area contributed by atoms with E-state index in [0.29, 0.717) is 15.7 Å². The molecule has 7 heteroatoms. The van der Waals surface area contributed by atoms with Crippen molar-refractivity contribution in [2.75, 3.05) is 0 Å². The van der Waals surface area contributed by atoms with Crippen molar-refractivity contribution in [3.8, 4) is 0 Å². The topological polar surface area (TPSA) is 73.6 Å². The highest BCUT2D eigenvalue weighted by Crippen LogP contribution is 2.14. The lowest BCUT2D eigenvalue weighted by Crippen LogP contribution is -2.14. The minimum atomic E-state index is -0.325. The molecule has 0 aliphatic carbocycles. The van der Waals surface area contributed by atoms with E-state index in [-0.39, 0.29) is 24.6 Å². The van der Waals surface area contributed by atoms with Gasteiger partial charge in [-0.05, 0) is 37.5 Å². The van der Waals surface area contributed by atoms with Crippen LogP contribution in [-0.4, -0.2) is 20.6 Å². The highest BCUT2D eigenvalue weighted by atomic mass is 32.1. The van der Waals surface area contributed by atoms with Gasteiger partial charge in [-0.1, -0.05) is 29.5 Å². The Kier molecular flexibility index (Phi) is 4.44. The number of rotatable bonds is 4. The number of carbonyl (C=O) groups excluding carboxylic acids is 1. The molecule has 0 saturated carbocycles. The lowest BCUT2D eigenvalue weighted by Gasteiger charge is -2.05. The molecule has 6 nitrogen and oxygen atoms in total. The predicted molar refractivity (Wildman–Crippen MR) is 91.3 cm³/mol. The van der Waals surface area contributed by atoms with Crippen LogP contribution >= 0.6 is 11.3 Å². The summed E-state index contributed by atoms with van der Waals surface area (Å²) in [7, 11) is 0. The first kappa shape index (κ1) is 16.3. The van der Waals surface area contributed by atoms with Crippen molar-refractivity contribution >= 4 is 22.3 Å². The van der Waals surface area contributed by atoms with Gasteiger partial charge in [0.15, 0.2) is 5.01 Å². The summed E-state index contributed by atoms with van der Waals surface area (Å²) in [6.45, 7) is 5.83. The molecule has 0 aliphatic rings. The molecule has 124 valence electrons. The fourth-order valence-electron chi connectivity index (χ4n) is 2.29. The number of benzene rings is 1. The highest BCUT2D eigenvalue weighted by Gasteiger charge is 2.11. The number of aromatic nitrogens is 3. The molecule has 0 bridgehead atoms. The zero-order valence-electron chi connectivity index (χ0n) is 13.7. The van der Waals surface area contributed by atoms with Crippen molar-refractivity contribution in [2.45, 2.75) is 33.8 Å². The van der Waals surface area contributed by atoms with Crippen LogP contribution in [-0.2, 0) is 22.6 Å². The van der Waals surface area contributed by atoms with Gasteiger partial charge in [-0.15, -0.1) is 0 Å². The number of aryl methyl sites for hydroxylation is 3. The van der Waals surface area contributed by atoms with E-state index in [1.165, 1.54) is 27.5 Å². The summed E-state index contributed by atoms with van der Waals surface area (Å²) in [6.07, 6.45) is 0.212. The summed E-state index contributed by atoms with van der Waals surface area (Å²) in [4.78, 5) is 28.5. The van der Waals surface area contributed by atoms with Crippen LogP contribution in [0.15, 0.2) is 29.1 Å². The molecule has 0 atom stereocenters. The van der Waals surface area contributed by atoms with E-state index in [1.54, 1.807) is 6.92 Å². The van der Waals surface area contributed by atoms with Gasteiger partial charge >= 0.3 is 5.97 Å². The molecule has 2 heterocycles. The van der Waals surface area contributed by atoms with Crippen molar-refractivity contribution in [3.63, 3.8) is 0 Å². The molecule has 0 amide bonds. The first-order chi connectivity index (χ1) is 11.4. The van der Waals surface area contributed by atoms with Gasteiger partial charge in [-0.25, -0.2) is 4.98 Å². The van der Waals surface area contributed by atoms with Gasteiger partial charge in [-0.3, -0.25) is 9.59 Å². The first-order valence-corrected chi connectivity index (χ1v) is 8.32. The van der Waals surface area contributed by atoms with Crippen LogP contribution in [0.25, 0.3) is 4.96 Å². The molecular formula is C17H17N3O3S. The Labute approximate surface area is 142 Å². The van der Waals surface area contributed by atoms with Crippen LogP contribution in [0.4, 0.5) is 0 Å². The number of ether oxygens (including phenoxy) is 1. The number of esters is 1. The van der Waals surface area contributed by atoms with E-state index in [1.807, 2.05) is 32.0 Å². The predicted octanol–water partition coefficient (Wildman–Crippen LogP) is 2.36. The quantitative estimate of drug-likeness (QED) is 0.680. The number of hydrogen-bond donors (Lipinski definition) is 0. The van der Waals surface area contributed by atoms with Gasteiger partial charge < -0.3 is 4.74 Å². The molecular weight excluding hydrogens is 326 g/mol. The van der Waals surface area contributed by atoms with Crippen LogP contribution in [0.1, 0.15) is 27.4 Å². The summed E-state index contributed by atoms with van der Waals surface area (Å²) >= 11 is 1.24. The number of nitrogens with zero attached hydrogens (tertiary/aromatic N) is 3. The van der Waals surface area contributed by atoms with E-state index in [9.17, 15) is 9.59 Å². The van der Waals surface area contributed by atoms with Crippen molar-refractivity contribution in [2.24, 2.45) is 0 Å². The molecule has 2 aromatic heterocycles. The van der Waals surface area contributed by atoms with Gasteiger partial charge in [0.25, 0.3) is 5.56 Å². The number of carbonyl (C=O) groups is 1. The van der Waals surface area contributed by atoms with Crippen LogP contribution in [0.3, 0.4) is 0 Å². The summed E-state index contributed by atoms with van der Waals surface area (Å²) < 4.78 is 6.49. The second-order valence-corrected chi connectivity index (χ2v) is 6.72. The molecule has 0 radical (unpaired) electrons. The van der Waals surface area contributed by atoms with Gasteiger partial charge in [0.1, 0.15) is 6.61 Å². The Hall–Kier alpha value is -2.54. The van der Waals surface area contributed by atoms with Gasteiger partial charge in [-0.2, -0.15) is 9.61 Å². The third kappa shape index (κ3) is 3.51. The minimum Gasteiger partial charge on any atom is -0.458 e. The van der Waals surface area contributed by atoms with Crippen molar-refractivity contribution < 1.29 is 9.53 Å². The second-order valence-electron chi connectivity index (χ2n) is 5.68. The van der Waals surface area contributed by atoms with Crippen LogP contribution in [0, 0.1) is 20.8 Å². The fourth-order valence-corrected chi connectivity index (χ4v) is 3.15. The van der Waals surface area contributed by atoms with Crippen LogP contribution in [0.2, 0.25) is 0 Å². The summed E-state index contributed by atoms with van der Waals surface area (Å²) in [5, 5.41) is 4.68. The summed E-state index contributed by atoms with van der Waals surface area (Å²) in [5.74, 6) is -0.325. The maximum atomic E-state index is 12.0. The van der Waals surface area contributed by atoms with Crippen molar-refractivity contribution in [3.05, 3.63) is 62.0 Å². The van der Waals surface area contributed by atoms with E-state index in [0.717, 1.165) is 11.1 Å². The monoisotopic (exact) mass is 343 g/mol. The molecule has 0 fully saturated rings. The van der Waals surface area contributed by atoms with E-state index >= 15 is 0 Å². The van der Waals surface area contributed by atoms with E-state index < -0.39 is 0 Å². The molecule has 0 N–H and O–H groups in total. The maximum absolute atomic E-state index is 12.0. The molecule has 3 aromatic rings. The molecule has 0 aliphatic heterocycles. The van der Waals surface area contributed by atoms with Crippen molar-refractivity contribution in [1.82, 2.24) is 14.6 Å². The fraction of sp³-hybridized carbons (Fsp3) is 0.294. The van der Waals surface area contributed by atoms with E-state index in [2.05, 4.69) is 10.1 Å². The second kappa shape index (κ2) is 6.52. The average Bonchev–Trinajstić information content (AvgIpc) is 2.92. The lowest BCUT2D eigenvalue weighted by molar-refractivity contribution is -0.144. The minimum absolute atomic E-state index is 0.0379. The van der Waals surface area contributed by atoms with E-state index in [4.69, 9.17) is 4.74 Å². The Morgan fingerprint density at radius 1 is 1.21 bits per heavy atom. The smallest absolute Gasteiger partial charge is 0.310 e. The lowest BCUT2D eigenvalue weighted by atomic mass is 10.0. The standard InChI is InChI=1S/C17H17N3O3S/c1-10-4-5-13(6-11(10)2)8-16(22)23-9-14-19-20-15(21)7-12(3)18-17(20)24-14/h4-7H,8-9H2,1-3H3. The summed E-state index contributed by atoms with van der Waals surface area (Å²) in [6, 6.07) is 7.32. The molecule has 0 saturated heterocycles. The van der Waals surface area contributed by atoms with Gasteiger partial charge in [0.2, 0.25) is 4.96 Å². The van der Waals surface area contributed by atoms with Gasteiger partial charge in [0, 0.05) is 11.8 Å². The Morgan fingerprint density at radius 2 is 2.00 bits per heavy atom. The highest BCUT2D eigenvalue weighted by molar-refractivity contribution is 7.16. The zero-order valence-corrected chi connectivity index (χ0v) is 14.5. The average molecular weight is 343 g/mol. The maximum Gasteiger partial charge on any atom is 0.310 e. The first-order valence-electron chi connectivity index (χ1n) is 7.50. The molecule has 0 spiro atoms. The normalized spacial score (nSPS) is 11.0. The molecule has 1 aromatic carbocycles. The van der Waals surface area contributed by atoms with Crippen LogP contribution in [0.5, 0.6) is 0 Å². The third-order valence-corrected chi connectivity index (χ3v) is 4.57. The third-order valence-electron chi connectivity index (χ3n) is 3.69.